The number of aromatic nitrogens is 1. The summed E-state index contributed by atoms with van der Waals surface area (Å²) in [6, 6.07) is 4.31. The summed E-state index contributed by atoms with van der Waals surface area (Å²) in [7, 11) is 0. The zero-order valence-electron chi connectivity index (χ0n) is 10.4. The van der Waals surface area contributed by atoms with Gasteiger partial charge in [-0.05, 0) is 46.6 Å². The van der Waals surface area contributed by atoms with Gasteiger partial charge in [0.15, 0.2) is 5.15 Å². The Labute approximate surface area is 128 Å². The van der Waals surface area contributed by atoms with Crippen molar-refractivity contribution in [3.63, 3.8) is 0 Å². The van der Waals surface area contributed by atoms with Gasteiger partial charge in [0.2, 0.25) is 0 Å². The predicted molar refractivity (Wildman–Crippen MR) is 80.4 cm³/mol. The van der Waals surface area contributed by atoms with Crippen molar-refractivity contribution in [2.75, 3.05) is 11.1 Å². The van der Waals surface area contributed by atoms with E-state index in [1.165, 1.54) is 25.3 Å². The number of hydrogen-bond donors (Lipinski definition) is 2. The number of aryl methyl sites for hydroxylation is 1. The minimum absolute atomic E-state index is 0.114. The van der Waals surface area contributed by atoms with Crippen molar-refractivity contribution in [2.24, 2.45) is 0 Å². The fourth-order valence-electron chi connectivity index (χ4n) is 1.66. The van der Waals surface area contributed by atoms with Gasteiger partial charge in [0, 0.05) is 16.4 Å². The molecule has 0 bridgehead atoms. The molecule has 1 aromatic heterocycles. The van der Waals surface area contributed by atoms with Crippen LogP contribution >= 0.6 is 27.5 Å². The Kier molecular flexibility index (Phi) is 4.25. The van der Waals surface area contributed by atoms with Crippen LogP contribution in [-0.2, 0) is 0 Å². The second-order valence-corrected chi connectivity index (χ2v) is 5.42. The van der Waals surface area contributed by atoms with E-state index in [0.717, 1.165) is 0 Å². The average molecular weight is 359 g/mol. The van der Waals surface area contributed by atoms with Crippen LogP contribution in [0.3, 0.4) is 0 Å². The van der Waals surface area contributed by atoms with Gasteiger partial charge < -0.3 is 11.1 Å². The Balaban J connectivity index is 2.35. The van der Waals surface area contributed by atoms with Crippen LogP contribution in [0.25, 0.3) is 0 Å². The van der Waals surface area contributed by atoms with Crippen molar-refractivity contribution in [3.05, 3.63) is 51.0 Å². The minimum atomic E-state index is -0.639. The number of carbonyl (C=O) groups excluding carboxylic acids is 1. The molecule has 4 nitrogen and oxygen atoms in total. The normalized spacial score (nSPS) is 10.4. The molecule has 104 valence electrons. The first-order valence-corrected chi connectivity index (χ1v) is 6.73. The lowest BCUT2D eigenvalue weighted by atomic mass is 10.1. The molecule has 0 radical (unpaired) electrons. The topological polar surface area (TPSA) is 68.0 Å². The van der Waals surface area contributed by atoms with Gasteiger partial charge in [0.1, 0.15) is 5.82 Å². The summed E-state index contributed by atoms with van der Waals surface area (Å²) >= 11 is 9.08. The second-order valence-electron chi connectivity index (χ2n) is 4.15. The van der Waals surface area contributed by atoms with Crippen molar-refractivity contribution >= 4 is 44.8 Å². The lowest BCUT2D eigenvalue weighted by Gasteiger charge is -2.10. The Morgan fingerprint density at radius 2 is 2.15 bits per heavy atom. The maximum atomic E-state index is 13.9. The number of hydrogen-bond acceptors (Lipinski definition) is 3. The van der Waals surface area contributed by atoms with Crippen LogP contribution in [0, 0.1) is 12.7 Å². The molecule has 1 amide bonds. The molecule has 0 saturated heterocycles. The Bertz CT molecular complexity index is 694. The molecule has 0 atom stereocenters. The zero-order chi connectivity index (χ0) is 14.9. The van der Waals surface area contributed by atoms with Crippen molar-refractivity contribution in [1.82, 2.24) is 4.98 Å². The Hall–Kier alpha value is -1.66. The van der Waals surface area contributed by atoms with Crippen molar-refractivity contribution < 1.29 is 9.18 Å². The molecule has 0 fully saturated rings. The highest BCUT2D eigenvalue weighted by molar-refractivity contribution is 9.10. The fraction of sp³-hybridized carbons (Fsp3) is 0.0769. The smallest absolute Gasteiger partial charge is 0.258 e. The number of nitrogens with two attached hydrogens (primary N) is 1. The first-order chi connectivity index (χ1) is 9.38. The quantitative estimate of drug-likeness (QED) is 0.634. The number of carbonyl (C=O) groups is 1. The van der Waals surface area contributed by atoms with Gasteiger partial charge in [-0.25, -0.2) is 9.37 Å². The van der Waals surface area contributed by atoms with Gasteiger partial charge in [-0.1, -0.05) is 11.6 Å². The van der Waals surface area contributed by atoms with Gasteiger partial charge >= 0.3 is 0 Å². The van der Waals surface area contributed by atoms with E-state index in [0.29, 0.717) is 15.7 Å². The molecule has 0 saturated carbocycles. The highest BCUT2D eigenvalue weighted by Gasteiger charge is 2.16. The van der Waals surface area contributed by atoms with Gasteiger partial charge in [0.05, 0.1) is 11.3 Å². The third-order valence-electron chi connectivity index (χ3n) is 2.58. The summed E-state index contributed by atoms with van der Waals surface area (Å²) in [5, 5.41) is 2.62. The highest BCUT2D eigenvalue weighted by atomic mass is 79.9. The third-order valence-corrected chi connectivity index (χ3v) is 3.31. The summed E-state index contributed by atoms with van der Waals surface area (Å²) in [6.07, 6.45) is 1.49. The molecule has 20 heavy (non-hydrogen) atoms. The summed E-state index contributed by atoms with van der Waals surface area (Å²) in [5.41, 5.74) is 6.38. The number of nitrogens with zero attached hydrogens (tertiary/aromatic N) is 1. The Morgan fingerprint density at radius 1 is 1.45 bits per heavy atom. The van der Waals surface area contributed by atoms with Crippen molar-refractivity contribution in [3.8, 4) is 0 Å². The fourth-order valence-corrected chi connectivity index (χ4v) is 2.14. The van der Waals surface area contributed by atoms with E-state index < -0.39 is 11.7 Å². The number of anilines is 2. The molecule has 0 aliphatic carbocycles. The summed E-state index contributed by atoms with van der Waals surface area (Å²) < 4.78 is 14.6. The van der Waals surface area contributed by atoms with E-state index in [2.05, 4.69) is 26.2 Å². The molecular weight excluding hydrogens is 349 g/mol. The number of pyridine rings is 1. The van der Waals surface area contributed by atoms with Crippen LogP contribution in [0.1, 0.15) is 15.9 Å². The maximum Gasteiger partial charge on any atom is 0.258 e. The zero-order valence-corrected chi connectivity index (χ0v) is 12.7. The average Bonchev–Trinajstić information content (AvgIpc) is 2.38. The van der Waals surface area contributed by atoms with Crippen molar-refractivity contribution in [2.45, 2.75) is 6.92 Å². The van der Waals surface area contributed by atoms with E-state index in [-0.39, 0.29) is 16.4 Å². The Morgan fingerprint density at radius 3 is 2.85 bits per heavy atom. The van der Waals surface area contributed by atoms with E-state index >= 15 is 0 Å². The standard InChI is InChI=1S/C13H10BrClFN3O/c1-6-2-8(17)4-9(11(6)16)13(20)19-10-3-7(14)5-18-12(10)15/h2-5H,17H2,1H3,(H,19,20). The molecule has 3 N–H and O–H groups in total. The summed E-state index contributed by atoms with van der Waals surface area (Å²) in [6.45, 7) is 1.54. The molecule has 2 rings (SSSR count). The number of amides is 1. The van der Waals surface area contributed by atoms with Gasteiger partial charge in [-0.2, -0.15) is 0 Å². The van der Waals surface area contributed by atoms with E-state index in [4.69, 9.17) is 17.3 Å². The molecule has 1 aromatic carbocycles. The lowest BCUT2D eigenvalue weighted by Crippen LogP contribution is -2.15. The van der Waals surface area contributed by atoms with Crippen LogP contribution in [-0.4, -0.2) is 10.9 Å². The predicted octanol–water partition coefficient (Wildman–Crippen LogP) is 3.78. The van der Waals surface area contributed by atoms with E-state index in [9.17, 15) is 9.18 Å². The lowest BCUT2D eigenvalue weighted by molar-refractivity contribution is 0.102. The number of nitrogen functional groups attached to an aromatic ring is 1. The van der Waals surface area contributed by atoms with E-state index in [1.807, 2.05) is 0 Å². The van der Waals surface area contributed by atoms with Gasteiger partial charge in [-0.15, -0.1) is 0 Å². The summed E-state index contributed by atoms with van der Waals surface area (Å²) in [5.74, 6) is -1.25. The van der Waals surface area contributed by atoms with E-state index in [1.54, 1.807) is 6.07 Å². The molecule has 0 aliphatic heterocycles. The molecule has 2 aromatic rings. The molecule has 1 heterocycles. The first kappa shape index (κ1) is 14.7. The second kappa shape index (κ2) is 5.76. The van der Waals surface area contributed by atoms with Crippen LogP contribution in [0.2, 0.25) is 5.15 Å². The molecule has 0 spiro atoms. The van der Waals surface area contributed by atoms with Crippen LogP contribution in [0.5, 0.6) is 0 Å². The number of benzene rings is 1. The van der Waals surface area contributed by atoms with Crippen LogP contribution in [0.15, 0.2) is 28.9 Å². The van der Waals surface area contributed by atoms with Crippen LogP contribution < -0.4 is 11.1 Å². The molecule has 7 heteroatoms. The number of halogens is 3. The first-order valence-electron chi connectivity index (χ1n) is 5.56. The molecular formula is C13H10BrClFN3O. The van der Waals surface area contributed by atoms with Gasteiger partial charge in [0.25, 0.3) is 5.91 Å². The maximum absolute atomic E-state index is 13.9. The van der Waals surface area contributed by atoms with Crippen molar-refractivity contribution in [1.29, 1.82) is 0 Å². The van der Waals surface area contributed by atoms with Crippen LogP contribution in [0.4, 0.5) is 15.8 Å². The molecule has 0 aliphatic rings. The monoisotopic (exact) mass is 357 g/mol. The highest BCUT2D eigenvalue weighted by Crippen LogP contribution is 2.24. The third kappa shape index (κ3) is 3.08. The molecule has 0 unspecified atom stereocenters. The summed E-state index contributed by atoms with van der Waals surface area (Å²) in [4.78, 5) is 16.0. The SMILES string of the molecule is Cc1cc(N)cc(C(=O)Nc2cc(Br)cnc2Cl)c1F. The number of rotatable bonds is 2. The van der Waals surface area contributed by atoms with Gasteiger partial charge in [-0.3, -0.25) is 4.79 Å². The number of nitrogens with one attached hydrogen (secondary N) is 1. The largest absolute Gasteiger partial charge is 0.399 e. The minimum Gasteiger partial charge on any atom is -0.399 e.